The van der Waals surface area contributed by atoms with E-state index < -0.39 is 0 Å². The van der Waals surface area contributed by atoms with E-state index in [0.29, 0.717) is 10.8 Å². The summed E-state index contributed by atoms with van der Waals surface area (Å²) in [7, 11) is 0. The summed E-state index contributed by atoms with van der Waals surface area (Å²) in [6.45, 7) is 3.78. The normalized spacial score (nSPS) is 13.8. The number of rotatable bonds is 5. The van der Waals surface area contributed by atoms with Crippen LogP contribution < -0.4 is 16.0 Å². The fraction of sp³-hybridized carbons (Fsp3) is 0.250. The fourth-order valence-corrected chi connectivity index (χ4v) is 2.43. The van der Waals surface area contributed by atoms with Crippen LogP contribution in [0, 0.1) is 12.7 Å². The molecule has 5 heteroatoms. The van der Waals surface area contributed by atoms with Crippen molar-refractivity contribution < 1.29 is 9.13 Å². The van der Waals surface area contributed by atoms with E-state index in [1.165, 1.54) is 12.1 Å². The maximum absolute atomic E-state index is 13.5. The van der Waals surface area contributed by atoms with Gasteiger partial charge in [0.25, 0.3) is 0 Å². The molecular weight excluding hydrogens is 291 g/mol. The highest BCUT2D eigenvalue weighted by Crippen LogP contribution is 2.26. The summed E-state index contributed by atoms with van der Waals surface area (Å²) < 4.78 is 19.3. The Morgan fingerprint density at radius 2 is 2.00 bits per heavy atom. The summed E-state index contributed by atoms with van der Waals surface area (Å²) >= 11 is 5.93. The number of nitrogens with one attached hydrogen (secondary N) is 1. The van der Waals surface area contributed by atoms with Crippen LogP contribution in [0.4, 0.5) is 4.39 Å². The van der Waals surface area contributed by atoms with Crippen LogP contribution in [0.25, 0.3) is 0 Å². The molecule has 0 saturated carbocycles. The van der Waals surface area contributed by atoms with Gasteiger partial charge in [-0.2, -0.15) is 0 Å². The predicted molar refractivity (Wildman–Crippen MR) is 82.7 cm³/mol. The van der Waals surface area contributed by atoms with Gasteiger partial charge in [-0.3, -0.25) is 5.84 Å². The maximum Gasteiger partial charge on any atom is 0.123 e. The predicted octanol–water partition coefficient (Wildman–Crippen LogP) is 3.76. The summed E-state index contributed by atoms with van der Waals surface area (Å²) in [5.74, 6) is 5.97. The monoisotopic (exact) mass is 308 g/mol. The van der Waals surface area contributed by atoms with Gasteiger partial charge in [-0.05, 0) is 55.3 Å². The average Bonchev–Trinajstić information content (AvgIpc) is 2.43. The second-order valence-corrected chi connectivity index (χ2v) is 5.36. The van der Waals surface area contributed by atoms with Gasteiger partial charge in [0.1, 0.15) is 17.7 Å². The highest BCUT2D eigenvalue weighted by molar-refractivity contribution is 6.30. The van der Waals surface area contributed by atoms with Crippen molar-refractivity contribution in [1.82, 2.24) is 5.43 Å². The maximum atomic E-state index is 13.5. The quantitative estimate of drug-likeness (QED) is 0.653. The Balaban J connectivity index is 2.22. The van der Waals surface area contributed by atoms with Crippen molar-refractivity contribution in [3.63, 3.8) is 0 Å². The summed E-state index contributed by atoms with van der Waals surface area (Å²) in [5.41, 5.74) is 4.41. The molecule has 0 aliphatic carbocycles. The Hall–Kier alpha value is -1.62. The molecule has 2 aromatic carbocycles. The summed E-state index contributed by atoms with van der Waals surface area (Å²) in [6.07, 6.45) is -0.297. The van der Waals surface area contributed by atoms with E-state index in [1.807, 2.05) is 26.0 Å². The first kappa shape index (κ1) is 15.8. The highest BCUT2D eigenvalue weighted by Gasteiger charge is 2.22. The first-order valence-electron chi connectivity index (χ1n) is 6.65. The molecule has 0 radical (unpaired) electrons. The Labute approximate surface area is 128 Å². The molecule has 0 bridgehead atoms. The van der Waals surface area contributed by atoms with Crippen LogP contribution in [0.2, 0.25) is 5.02 Å². The van der Waals surface area contributed by atoms with Gasteiger partial charge >= 0.3 is 0 Å². The van der Waals surface area contributed by atoms with Gasteiger partial charge < -0.3 is 4.74 Å². The van der Waals surface area contributed by atoms with E-state index in [0.717, 1.165) is 11.1 Å². The lowest BCUT2D eigenvalue weighted by Gasteiger charge is -2.26. The second kappa shape index (κ2) is 6.89. The number of benzene rings is 2. The third-order valence-corrected chi connectivity index (χ3v) is 3.58. The Morgan fingerprint density at radius 1 is 1.24 bits per heavy atom. The van der Waals surface area contributed by atoms with Gasteiger partial charge in [-0.1, -0.05) is 23.7 Å². The molecule has 3 N–H and O–H groups in total. The zero-order valence-electron chi connectivity index (χ0n) is 11.9. The van der Waals surface area contributed by atoms with Crippen LogP contribution in [0.15, 0.2) is 42.5 Å². The van der Waals surface area contributed by atoms with Gasteiger partial charge in [0.05, 0.1) is 6.04 Å². The number of halogens is 2. The van der Waals surface area contributed by atoms with Gasteiger partial charge in [0.15, 0.2) is 0 Å². The molecule has 0 amide bonds. The Morgan fingerprint density at radius 3 is 2.67 bits per heavy atom. The van der Waals surface area contributed by atoms with Gasteiger partial charge in [-0.15, -0.1) is 0 Å². The van der Waals surface area contributed by atoms with E-state index in [-0.39, 0.29) is 18.0 Å². The molecule has 0 aliphatic heterocycles. The zero-order valence-corrected chi connectivity index (χ0v) is 12.7. The van der Waals surface area contributed by atoms with Gasteiger partial charge in [-0.25, -0.2) is 9.82 Å². The Bertz CT molecular complexity index is 621. The highest BCUT2D eigenvalue weighted by atomic mass is 35.5. The van der Waals surface area contributed by atoms with Crippen molar-refractivity contribution in [2.24, 2.45) is 5.84 Å². The first-order valence-corrected chi connectivity index (χ1v) is 7.03. The molecule has 0 spiro atoms. The number of hydrogen-bond acceptors (Lipinski definition) is 3. The van der Waals surface area contributed by atoms with Gasteiger partial charge in [0, 0.05) is 5.02 Å². The van der Waals surface area contributed by atoms with Crippen LogP contribution in [0.5, 0.6) is 5.75 Å². The molecule has 0 saturated heterocycles. The van der Waals surface area contributed by atoms with E-state index in [4.69, 9.17) is 22.2 Å². The largest absolute Gasteiger partial charge is 0.489 e. The minimum atomic E-state index is -0.334. The second-order valence-electron chi connectivity index (χ2n) is 4.93. The van der Waals surface area contributed by atoms with Crippen molar-refractivity contribution in [3.8, 4) is 5.75 Å². The smallest absolute Gasteiger partial charge is 0.123 e. The third kappa shape index (κ3) is 3.94. The molecule has 2 rings (SSSR count). The lowest BCUT2D eigenvalue weighted by atomic mass is 9.98. The minimum Gasteiger partial charge on any atom is -0.489 e. The lowest BCUT2D eigenvalue weighted by Crippen LogP contribution is -2.38. The lowest BCUT2D eigenvalue weighted by molar-refractivity contribution is 0.170. The molecule has 0 aliphatic rings. The molecule has 21 heavy (non-hydrogen) atoms. The van der Waals surface area contributed by atoms with Crippen LogP contribution in [0.1, 0.15) is 24.1 Å². The van der Waals surface area contributed by atoms with E-state index >= 15 is 0 Å². The molecule has 0 aromatic heterocycles. The van der Waals surface area contributed by atoms with Crippen molar-refractivity contribution in [1.29, 1.82) is 0 Å². The minimum absolute atomic E-state index is 0.297. The fourth-order valence-electron chi connectivity index (χ4n) is 2.25. The van der Waals surface area contributed by atoms with Crippen LogP contribution in [0.3, 0.4) is 0 Å². The number of hydrogen-bond donors (Lipinski definition) is 2. The van der Waals surface area contributed by atoms with Crippen LogP contribution in [-0.4, -0.2) is 6.10 Å². The average molecular weight is 309 g/mol. The van der Waals surface area contributed by atoms with Crippen LogP contribution in [-0.2, 0) is 0 Å². The third-order valence-electron chi connectivity index (χ3n) is 3.34. The van der Waals surface area contributed by atoms with Crippen molar-refractivity contribution in [2.45, 2.75) is 26.0 Å². The first-order chi connectivity index (χ1) is 10.0. The van der Waals surface area contributed by atoms with E-state index in [2.05, 4.69) is 5.43 Å². The van der Waals surface area contributed by atoms with Crippen molar-refractivity contribution in [2.75, 3.05) is 0 Å². The number of nitrogens with two attached hydrogens (primary N) is 1. The SMILES string of the molecule is Cc1ccc(F)cc1C(NN)C(C)Oc1cccc(Cl)c1. The molecule has 2 atom stereocenters. The standard InChI is InChI=1S/C16H18ClFN2O/c1-10-6-7-13(18)9-15(10)16(20-19)11(2)21-14-5-3-4-12(17)8-14/h3-9,11,16,20H,19H2,1-2H3. The van der Waals surface area contributed by atoms with Crippen molar-refractivity contribution >= 4 is 11.6 Å². The molecule has 2 aromatic rings. The summed E-state index contributed by atoms with van der Waals surface area (Å²) in [4.78, 5) is 0. The number of ether oxygens (including phenoxy) is 1. The molecule has 0 heterocycles. The molecule has 3 nitrogen and oxygen atoms in total. The van der Waals surface area contributed by atoms with Crippen molar-refractivity contribution in [3.05, 3.63) is 64.4 Å². The van der Waals surface area contributed by atoms with Crippen LogP contribution >= 0.6 is 11.6 Å². The Kier molecular flexibility index (Phi) is 5.17. The molecule has 0 fully saturated rings. The molecular formula is C16H18ClFN2O. The van der Waals surface area contributed by atoms with E-state index in [1.54, 1.807) is 18.2 Å². The number of hydrazine groups is 1. The summed E-state index contributed by atoms with van der Waals surface area (Å²) in [6, 6.07) is 11.4. The number of aryl methyl sites for hydroxylation is 1. The zero-order chi connectivity index (χ0) is 15.4. The topological polar surface area (TPSA) is 47.3 Å². The van der Waals surface area contributed by atoms with Gasteiger partial charge in [0.2, 0.25) is 0 Å². The molecule has 112 valence electrons. The van der Waals surface area contributed by atoms with E-state index in [9.17, 15) is 4.39 Å². The molecule has 2 unspecified atom stereocenters. The summed E-state index contributed by atoms with van der Waals surface area (Å²) in [5, 5.41) is 0.596.